The van der Waals surface area contributed by atoms with Crippen molar-refractivity contribution in [2.45, 2.75) is 25.8 Å². The Hall–Kier alpha value is -0.610. The standard InChI is InChI=1S/C9H14N2OS/c1-6-7(2)10-8(3)11-9(6)13-5-4-12/h12H,4-5H2,1-3H3. The van der Waals surface area contributed by atoms with Gasteiger partial charge < -0.3 is 5.11 Å². The van der Waals surface area contributed by atoms with Crippen molar-refractivity contribution in [1.82, 2.24) is 9.97 Å². The van der Waals surface area contributed by atoms with Crippen LogP contribution in [0.5, 0.6) is 0 Å². The molecule has 13 heavy (non-hydrogen) atoms. The maximum atomic E-state index is 8.69. The molecule has 1 aromatic rings. The molecular weight excluding hydrogens is 184 g/mol. The number of aryl methyl sites for hydroxylation is 2. The van der Waals surface area contributed by atoms with E-state index in [2.05, 4.69) is 9.97 Å². The lowest BCUT2D eigenvalue weighted by Gasteiger charge is -2.06. The minimum absolute atomic E-state index is 0.187. The number of aliphatic hydroxyl groups excluding tert-OH is 1. The lowest BCUT2D eigenvalue weighted by Crippen LogP contribution is -1.99. The summed E-state index contributed by atoms with van der Waals surface area (Å²) in [6.07, 6.45) is 0. The second-order valence-corrected chi connectivity index (χ2v) is 3.94. The molecule has 72 valence electrons. The molecule has 0 bridgehead atoms. The summed E-state index contributed by atoms with van der Waals surface area (Å²) in [5.74, 6) is 1.49. The third kappa shape index (κ3) is 2.67. The summed E-state index contributed by atoms with van der Waals surface area (Å²) in [6.45, 7) is 6.06. The Morgan fingerprint density at radius 2 is 1.92 bits per heavy atom. The van der Waals surface area contributed by atoms with E-state index >= 15 is 0 Å². The van der Waals surface area contributed by atoms with Crippen molar-refractivity contribution in [3.05, 3.63) is 17.1 Å². The molecule has 0 fully saturated rings. The van der Waals surface area contributed by atoms with Crippen molar-refractivity contribution in [3.8, 4) is 0 Å². The van der Waals surface area contributed by atoms with Gasteiger partial charge in [-0.05, 0) is 20.8 Å². The first kappa shape index (κ1) is 10.5. The molecule has 0 aromatic carbocycles. The van der Waals surface area contributed by atoms with Gasteiger partial charge in [-0.1, -0.05) is 0 Å². The van der Waals surface area contributed by atoms with Crippen LogP contribution < -0.4 is 0 Å². The Kier molecular flexibility index (Phi) is 3.69. The molecule has 4 heteroatoms. The Labute approximate surface area is 82.6 Å². The molecule has 0 aliphatic carbocycles. The van der Waals surface area contributed by atoms with Crippen molar-refractivity contribution in [2.75, 3.05) is 12.4 Å². The van der Waals surface area contributed by atoms with Gasteiger partial charge >= 0.3 is 0 Å². The molecule has 1 rings (SSSR count). The van der Waals surface area contributed by atoms with Gasteiger partial charge in [0.15, 0.2) is 0 Å². The average Bonchev–Trinajstić information content (AvgIpc) is 2.09. The third-order valence-electron chi connectivity index (χ3n) is 1.79. The van der Waals surface area contributed by atoms with Crippen LogP contribution >= 0.6 is 11.8 Å². The van der Waals surface area contributed by atoms with E-state index in [-0.39, 0.29) is 6.61 Å². The van der Waals surface area contributed by atoms with Gasteiger partial charge in [-0.15, -0.1) is 11.8 Å². The van der Waals surface area contributed by atoms with Crippen LogP contribution in [0.15, 0.2) is 5.03 Å². The number of rotatable bonds is 3. The van der Waals surface area contributed by atoms with Gasteiger partial charge in [0.1, 0.15) is 10.9 Å². The molecule has 1 aromatic heterocycles. The number of aliphatic hydroxyl groups is 1. The summed E-state index contributed by atoms with van der Waals surface area (Å²) >= 11 is 1.57. The lowest BCUT2D eigenvalue weighted by molar-refractivity contribution is 0.322. The maximum absolute atomic E-state index is 8.69. The minimum Gasteiger partial charge on any atom is -0.396 e. The van der Waals surface area contributed by atoms with Gasteiger partial charge in [0.2, 0.25) is 0 Å². The second kappa shape index (κ2) is 4.58. The van der Waals surface area contributed by atoms with Crippen LogP contribution in [0.4, 0.5) is 0 Å². The van der Waals surface area contributed by atoms with E-state index in [1.54, 1.807) is 11.8 Å². The largest absolute Gasteiger partial charge is 0.396 e. The van der Waals surface area contributed by atoms with E-state index in [9.17, 15) is 0 Å². The number of aromatic nitrogens is 2. The molecule has 1 N–H and O–H groups in total. The highest BCUT2D eigenvalue weighted by Crippen LogP contribution is 2.20. The van der Waals surface area contributed by atoms with Crippen LogP contribution in [0.2, 0.25) is 0 Å². The van der Waals surface area contributed by atoms with E-state index in [0.717, 1.165) is 22.1 Å². The summed E-state index contributed by atoms with van der Waals surface area (Å²) in [6, 6.07) is 0. The third-order valence-corrected chi connectivity index (χ3v) is 2.84. The Morgan fingerprint density at radius 3 is 2.54 bits per heavy atom. The van der Waals surface area contributed by atoms with Gasteiger partial charge in [-0.3, -0.25) is 0 Å². The van der Waals surface area contributed by atoms with Gasteiger partial charge in [0.05, 0.1) is 6.61 Å². The Morgan fingerprint density at radius 1 is 1.23 bits per heavy atom. The molecule has 0 saturated carbocycles. The number of hydrogen-bond acceptors (Lipinski definition) is 4. The van der Waals surface area contributed by atoms with E-state index < -0.39 is 0 Å². The topological polar surface area (TPSA) is 46.0 Å². The smallest absolute Gasteiger partial charge is 0.126 e. The molecule has 0 aliphatic rings. The van der Waals surface area contributed by atoms with Crippen LogP contribution in [0.1, 0.15) is 17.1 Å². The molecule has 3 nitrogen and oxygen atoms in total. The fraction of sp³-hybridized carbons (Fsp3) is 0.556. The highest BCUT2D eigenvalue weighted by Gasteiger charge is 2.05. The average molecular weight is 198 g/mol. The highest BCUT2D eigenvalue weighted by atomic mass is 32.2. The molecule has 0 spiro atoms. The van der Waals surface area contributed by atoms with E-state index in [1.165, 1.54) is 0 Å². The van der Waals surface area contributed by atoms with Crippen LogP contribution in [0.25, 0.3) is 0 Å². The number of thioether (sulfide) groups is 1. The zero-order valence-corrected chi connectivity index (χ0v) is 8.98. The molecule has 0 amide bonds. The summed E-state index contributed by atoms with van der Waals surface area (Å²) in [5.41, 5.74) is 2.14. The Balaban J connectivity index is 2.92. The summed E-state index contributed by atoms with van der Waals surface area (Å²) in [7, 11) is 0. The van der Waals surface area contributed by atoms with Crippen molar-refractivity contribution in [3.63, 3.8) is 0 Å². The first-order valence-corrected chi connectivity index (χ1v) is 5.19. The fourth-order valence-electron chi connectivity index (χ4n) is 1.02. The van der Waals surface area contributed by atoms with Gasteiger partial charge in [-0.25, -0.2) is 9.97 Å². The molecule has 1 heterocycles. The molecular formula is C9H14N2OS. The quantitative estimate of drug-likeness (QED) is 0.590. The van der Waals surface area contributed by atoms with E-state index in [0.29, 0.717) is 5.75 Å². The maximum Gasteiger partial charge on any atom is 0.126 e. The van der Waals surface area contributed by atoms with Gasteiger partial charge in [-0.2, -0.15) is 0 Å². The predicted octanol–water partition coefficient (Wildman–Crippen LogP) is 1.49. The van der Waals surface area contributed by atoms with Crippen LogP contribution in [-0.2, 0) is 0 Å². The summed E-state index contributed by atoms with van der Waals surface area (Å²) in [4.78, 5) is 8.57. The number of nitrogens with zero attached hydrogens (tertiary/aromatic N) is 2. The monoisotopic (exact) mass is 198 g/mol. The van der Waals surface area contributed by atoms with Crippen molar-refractivity contribution in [2.24, 2.45) is 0 Å². The van der Waals surface area contributed by atoms with Crippen molar-refractivity contribution < 1.29 is 5.11 Å². The first-order chi connectivity index (χ1) is 6.15. The normalized spacial score (nSPS) is 10.5. The molecule has 0 aliphatic heterocycles. The van der Waals surface area contributed by atoms with Crippen LogP contribution in [-0.4, -0.2) is 27.4 Å². The Bertz CT molecular complexity index is 302. The molecule has 0 radical (unpaired) electrons. The summed E-state index contributed by atoms with van der Waals surface area (Å²) in [5, 5.41) is 9.68. The summed E-state index contributed by atoms with van der Waals surface area (Å²) < 4.78 is 0. The SMILES string of the molecule is Cc1nc(C)c(C)c(SCCO)n1. The lowest BCUT2D eigenvalue weighted by atomic mass is 10.3. The first-order valence-electron chi connectivity index (χ1n) is 4.20. The molecule has 0 saturated heterocycles. The zero-order valence-electron chi connectivity index (χ0n) is 8.16. The fourth-order valence-corrected chi connectivity index (χ4v) is 1.87. The van der Waals surface area contributed by atoms with Crippen molar-refractivity contribution >= 4 is 11.8 Å². The molecule has 0 unspecified atom stereocenters. The van der Waals surface area contributed by atoms with Crippen molar-refractivity contribution in [1.29, 1.82) is 0 Å². The number of hydrogen-bond donors (Lipinski definition) is 1. The van der Waals surface area contributed by atoms with E-state index in [1.807, 2.05) is 20.8 Å². The van der Waals surface area contributed by atoms with E-state index in [4.69, 9.17) is 5.11 Å². The molecule has 0 atom stereocenters. The van der Waals surface area contributed by atoms with Gasteiger partial charge in [0.25, 0.3) is 0 Å². The zero-order chi connectivity index (χ0) is 9.84. The van der Waals surface area contributed by atoms with Gasteiger partial charge in [0, 0.05) is 17.0 Å². The van der Waals surface area contributed by atoms with Crippen LogP contribution in [0, 0.1) is 20.8 Å². The second-order valence-electron chi connectivity index (χ2n) is 2.86. The predicted molar refractivity (Wildman–Crippen MR) is 54.1 cm³/mol. The highest BCUT2D eigenvalue weighted by molar-refractivity contribution is 7.99. The minimum atomic E-state index is 0.187. The van der Waals surface area contributed by atoms with Crippen LogP contribution in [0.3, 0.4) is 0 Å².